The molecule has 0 aliphatic carbocycles. The van der Waals surface area contributed by atoms with E-state index in [0.29, 0.717) is 23.0 Å². The second-order valence-electron chi connectivity index (χ2n) is 7.72. The Bertz CT molecular complexity index is 905. The number of aliphatic hydroxyl groups is 1. The summed E-state index contributed by atoms with van der Waals surface area (Å²) in [5, 5.41) is 10.4. The van der Waals surface area contributed by atoms with Gasteiger partial charge in [-0.25, -0.2) is 4.79 Å². The van der Waals surface area contributed by atoms with Crippen LogP contribution in [0, 0.1) is 5.92 Å². The number of aliphatic hydroxyl groups excluding tert-OH is 1. The number of anilines is 1. The van der Waals surface area contributed by atoms with Crippen molar-refractivity contribution in [3.05, 3.63) is 20.8 Å². The Hall–Kier alpha value is -2.13. The number of piperidine rings is 1. The van der Waals surface area contributed by atoms with Crippen molar-refractivity contribution in [3.8, 4) is 0 Å². The van der Waals surface area contributed by atoms with E-state index >= 15 is 0 Å². The zero-order valence-electron chi connectivity index (χ0n) is 16.4. The number of H-pyrrole nitrogens is 1. The van der Waals surface area contributed by atoms with E-state index in [4.69, 9.17) is 4.74 Å². The number of ether oxygens (including phenoxy) is 1. The third-order valence-electron chi connectivity index (χ3n) is 5.07. The Kier molecular flexibility index (Phi) is 5.71. The van der Waals surface area contributed by atoms with Crippen LogP contribution in [0.1, 0.15) is 33.6 Å². The summed E-state index contributed by atoms with van der Waals surface area (Å²) in [6.45, 7) is 8.02. The molecule has 9 heteroatoms. The van der Waals surface area contributed by atoms with Gasteiger partial charge in [-0.1, -0.05) is 6.92 Å². The van der Waals surface area contributed by atoms with Crippen LogP contribution >= 0.6 is 0 Å². The van der Waals surface area contributed by atoms with E-state index < -0.39 is 17.4 Å². The van der Waals surface area contributed by atoms with Crippen LogP contribution in [-0.4, -0.2) is 56.1 Å². The molecule has 1 saturated heterocycles. The highest BCUT2D eigenvalue weighted by Gasteiger charge is 2.25. The van der Waals surface area contributed by atoms with E-state index in [2.05, 4.69) is 21.8 Å². The average molecular weight is 379 g/mol. The van der Waals surface area contributed by atoms with Crippen molar-refractivity contribution in [2.45, 2.75) is 52.4 Å². The van der Waals surface area contributed by atoms with Crippen LogP contribution in [0.4, 0.5) is 5.95 Å². The van der Waals surface area contributed by atoms with Crippen LogP contribution in [0.2, 0.25) is 0 Å². The number of aromatic amines is 1. The highest BCUT2D eigenvalue weighted by atomic mass is 16.5. The highest BCUT2D eigenvalue weighted by molar-refractivity contribution is 5.74. The fourth-order valence-corrected chi connectivity index (χ4v) is 3.41. The number of aromatic nitrogens is 4. The smallest absolute Gasteiger partial charge is 0.329 e. The molecule has 3 heterocycles. The number of aryl methyl sites for hydroxylation is 1. The van der Waals surface area contributed by atoms with Gasteiger partial charge in [-0.05, 0) is 32.6 Å². The van der Waals surface area contributed by atoms with Gasteiger partial charge in [0.15, 0.2) is 11.2 Å². The fraction of sp³-hybridized carbons (Fsp3) is 0.722. The molecule has 0 radical (unpaired) electrons. The Morgan fingerprint density at radius 2 is 1.96 bits per heavy atom. The summed E-state index contributed by atoms with van der Waals surface area (Å²) in [5.41, 5.74) is -0.363. The van der Waals surface area contributed by atoms with E-state index in [1.807, 2.05) is 13.8 Å². The number of imidazole rings is 1. The largest absolute Gasteiger partial charge is 0.389 e. The maximum Gasteiger partial charge on any atom is 0.329 e. The second-order valence-corrected chi connectivity index (χ2v) is 7.72. The molecule has 1 aliphatic rings. The standard InChI is InChI=1S/C18H29N5O4/c1-11(2)27-10-13(24)9-23-14-15(21(4)18(26)20-16(14)25)19-17(23)22-7-5-12(3)6-8-22/h11-13,24H,5-10H2,1-4H3,(H,20,25,26)/t13-/m1/s1. The third-order valence-corrected chi connectivity index (χ3v) is 5.07. The van der Waals surface area contributed by atoms with Gasteiger partial charge in [0.25, 0.3) is 5.56 Å². The molecule has 2 aromatic heterocycles. The maximum absolute atomic E-state index is 12.5. The average Bonchev–Trinajstić information content (AvgIpc) is 2.98. The van der Waals surface area contributed by atoms with Gasteiger partial charge >= 0.3 is 5.69 Å². The van der Waals surface area contributed by atoms with E-state index in [1.54, 1.807) is 11.6 Å². The topological polar surface area (TPSA) is 105 Å². The lowest BCUT2D eigenvalue weighted by molar-refractivity contribution is -0.000190. The normalized spacial score (nSPS) is 17.2. The molecule has 0 unspecified atom stereocenters. The highest BCUT2D eigenvalue weighted by Crippen LogP contribution is 2.25. The molecule has 0 saturated carbocycles. The molecule has 3 rings (SSSR count). The fourth-order valence-electron chi connectivity index (χ4n) is 3.41. The molecule has 1 aliphatic heterocycles. The number of hydrogen-bond donors (Lipinski definition) is 2. The molecule has 0 amide bonds. The molecule has 9 nitrogen and oxygen atoms in total. The zero-order valence-corrected chi connectivity index (χ0v) is 16.4. The molecule has 1 fully saturated rings. The molecule has 1 atom stereocenters. The Balaban J connectivity index is 2.04. The van der Waals surface area contributed by atoms with E-state index in [9.17, 15) is 14.7 Å². The minimum atomic E-state index is -0.788. The van der Waals surface area contributed by atoms with Crippen LogP contribution in [-0.2, 0) is 18.3 Å². The van der Waals surface area contributed by atoms with Crippen LogP contribution < -0.4 is 16.1 Å². The summed E-state index contributed by atoms with van der Waals surface area (Å²) < 4.78 is 8.55. The van der Waals surface area contributed by atoms with Gasteiger partial charge in [-0.2, -0.15) is 4.98 Å². The van der Waals surface area contributed by atoms with Crippen molar-refractivity contribution in [2.24, 2.45) is 13.0 Å². The summed E-state index contributed by atoms with van der Waals surface area (Å²) in [7, 11) is 1.58. The zero-order chi connectivity index (χ0) is 19.7. The number of fused-ring (bicyclic) bond motifs is 1. The Morgan fingerprint density at radius 3 is 2.59 bits per heavy atom. The van der Waals surface area contributed by atoms with Gasteiger partial charge in [0.05, 0.1) is 25.4 Å². The van der Waals surface area contributed by atoms with Crippen molar-refractivity contribution in [3.63, 3.8) is 0 Å². The summed E-state index contributed by atoms with van der Waals surface area (Å²) in [5.74, 6) is 1.27. The van der Waals surface area contributed by atoms with Gasteiger partial charge in [-0.15, -0.1) is 0 Å². The maximum atomic E-state index is 12.5. The third kappa shape index (κ3) is 4.08. The van der Waals surface area contributed by atoms with Crippen molar-refractivity contribution < 1.29 is 9.84 Å². The summed E-state index contributed by atoms with van der Waals surface area (Å²) in [4.78, 5) is 33.5. The quantitative estimate of drug-likeness (QED) is 0.755. The van der Waals surface area contributed by atoms with Crippen LogP contribution in [0.15, 0.2) is 9.59 Å². The van der Waals surface area contributed by atoms with Crippen LogP contribution in [0.5, 0.6) is 0 Å². The Morgan fingerprint density at radius 1 is 1.30 bits per heavy atom. The first-order valence-corrected chi connectivity index (χ1v) is 9.52. The molecule has 0 spiro atoms. The predicted molar refractivity (Wildman–Crippen MR) is 103 cm³/mol. The first kappa shape index (κ1) is 19.6. The number of nitrogens with zero attached hydrogens (tertiary/aromatic N) is 4. The molecule has 27 heavy (non-hydrogen) atoms. The van der Waals surface area contributed by atoms with Gasteiger partial charge in [0.2, 0.25) is 5.95 Å². The minimum Gasteiger partial charge on any atom is -0.389 e. The van der Waals surface area contributed by atoms with Gasteiger partial charge in [-0.3, -0.25) is 14.3 Å². The monoisotopic (exact) mass is 379 g/mol. The van der Waals surface area contributed by atoms with Gasteiger partial charge in [0.1, 0.15) is 0 Å². The molecule has 0 bridgehead atoms. The summed E-state index contributed by atoms with van der Waals surface area (Å²) >= 11 is 0. The van der Waals surface area contributed by atoms with E-state index in [1.165, 1.54) is 4.57 Å². The van der Waals surface area contributed by atoms with Crippen LogP contribution in [0.3, 0.4) is 0 Å². The summed E-state index contributed by atoms with van der Waals surface area (Å²) in [6, 6.07) is 0. The van der Waals surface area contributed by atoms with Gasteiger partial charge in [0, 0.05) is 20.1 Å². The van der Waals surface area contributed by atoms with Crippen molar-refractivity contribution in [1.82, 2.24) is 19.1 Å². The van der Waals surface area contributed by atoms with E-state index in [-0.39, 0.29) is 19.3 Å². The molecule has 2 aromatic rings. The van der Waals surface area contributed by atoms with Crippen LogP contribution in [0.25, 0.3) is 11.2 Å². The lowest BCUT2D eigenvalue weighted by Crippen LogP contribution is -2.36. The number of nitrogens with one attached hydrogen (secondary N) is 1. The number of hydrogen-bond acceptors (Lipinski definition) is 6. The molecular weight excluding hydrogens is 350 g/mol. The number of rotatable bonds is 6. The van der Waals surface area contributed by atoms with Gasteiger partial charge < -0.3 is 19.3 Å². The predicted octanol–water partition coefficient (Wildman–Crippen LogP) is 0.446. The van der Waals surface area contributed by atoms with Crippen molar-refractivity contribution >= 4 is 17.1 Å². The van der Waals surface area contributed by atoms with E-state index in [0.717, 1.165) is 25.9 Å². The minimum absolute atomic E-state index is 0.00598. The lowest BCUT2D eigenvalue weighted by Gasteiger charge is -2.31. The molecule has 2 N–H and O–H groups in total. The molecule has 150 valence electrons. The first-order valence-electron chi connectivity index (χ1n) is 9.52. The Labute approximate surface area is 157 Å². The lowest BCUT2D eigenvalue weighted by atomic mass is 10.00. The molecular formula is C18H29N5O4. The SMILES string of the molecule is CC1CCN(c2nc3c(c(=O)[nH]c(=O)n3C)n2C[C@@H](O)COC(C)C)CC1. The second kappa shape index (κ2) is 7.85. The van der Waals surface area contributed by atoms with Crippen molar-refractivity contribution in [2.75, 3.05) is 24.6 Å². The summed E-state index contributed by atoms with van der Waals surface area (Å²) in [6.07, 6.45) is 1.30. The van der Waals surface area contributed by atoms with Crippen molar-refractivity contribution in [1.29, 1.82) is 0 Å². The first-order chi connectivity index (χ1) is 12.8. The molecule has 0 aromatic carbocycles.